The molecule has 1 fully saturated rings. The molecule has 72 valence electrons. The molecule has 0 radical (unpaired) electrons. The van der Waals surface area contributed by atoms with Gasteiger partial charge < -0.3 is 37.2 Å². The summed E-state index contributed by atoms with van der Waals surface area (Å²) >= 11 is 0. The molecule has 0 aromatic carbocycles. The van der Waals surface area contributed by atoms with Crippen molar-refractivity contribution in [1.29, 1.82) is 0 Å². The van der Waals surface area contributed by atoms with E-state index in [1.165, 1.54) is 25.7 Å². The van der Waals surface area contributed by atoms with Gasteiger partial charge in [0.25, 0.3) is 0 Å². The van der Waals surface area contributed by atoms with E-state index in [0.717, 1.165) is 5.92 Å². The smallest absolute Gasteiger partial charge is 1.00 e. The summed E-state index contributed by atoms with van der Waals surface area (Å²) in [5.74, 6) is 0.884. The SMILES string of the molecule is [C-]1=C2CCCC2CC=C1.[Cl-].[Cl-].[Cl-].[Ti+4]. The minimum absolute atomic E-state index is 0. The van der Waals surface area contributed by atoms with E-state index in [2.05, 4.69) is 18.2 Å². The summed E-state index contributed by atoms with van der Waals surface area (Å²) in [7, 11) is 0. The first-order valence-electron chi connectivity index (χ1n) is 3.74. The molecule has 2 aliphatic carbocycles. The Morgan fingerprint density at radius 3 is 2.54 bits per heavy atom. The van der Waals surface area contributed by atoms with Gasteiger partial charge in [-0.1, -0.05) is 12.8 Å². The molecule has 0 N–H and O–H groups in total. The molecule has 13 heavy (non-hydrogen) atoms. The summed E-state index contributed by atoms with van der Waals surface area (Å²) in [5, 5.41) is 0. The van der Waals surface area contributed by atoms with E-state index in [1.54, 1.807) is 5.57 Å². The molecule has 0 amide bonds. The summed E-state index contributed by atoms with van der Waals surface area (Å²) in [6.45, 7) is 0. The van der Waals surface area contributed by atoms with Gasteiger partial charge in [-0.05, 0) is 18.8 Å². The summed E-state index contributed by atoms with van der Waals surface area (Å²) in [5.41, 5.74) is 1.58. The first kappa shape index (κ1) is 19.6. The van der Waals surface area contributed by atoms with Crippen LogP contribution in [0.5, 0.6) is 0 Å². The maximum Gasteiger partial charge on any atom is 4.00 e. The fourth-order valence-corrected chi connectivity index (χ4v) is 1.77. The standard InChI is InChI=1S/C9H11.3ClH.Ti/c1-2-5-9-7-3-6-8(9)4-1;;;;/h1-2,8H,3-4,6-7H2;3*1H;/q-1;;;;+4/p-3. The number of hydrogen-bond acceptors (Lipinski definition) is 0. The molecule has 2 aliphatic rings. The molecule has 4 heteroatoms. The Labute approximate surface area is 114 Å². The van der Waals surface area contributed by atoms with Gasteiger partial charge in [0.05, 0.1) is 0 Å². The van der Waals surface area contributed by atoms with Crippen LogP contribution in [-0.2, 0) is 21.7 Å². The van der Waals surface area contributed by atoms with Crippen LogP contribution in [0.15, 0.2) is 17.7 Å². The van der Waals surface area contributed by atoms with Gasteiger partial charge in [0.2, 0.25) is 0 Å². The number of halogens is 3. The second kappa shape index (κ2) is 9.61. The summed E-state index contributed by atoms with van der Waals surface area (Å²) < 4.78 is 0. The molecule has 1 atom stereocenters. The van der Waals surface area contributed by atoms with Gasteiger partial charge >= 0.3 is 21.7 Å². The summed E-state index contributed by atoms with van der Waals surface area (Å²) in [6, 6.07) is 0. The third-order valence-electron chi connectivity index (χ3n) is 2.30. The zero-order valence-corrected chi connectivity index (χ0v) is 11.0. The first-order valence-corrected chi connectivity index (χ1v) is 3.74. The van der Waals surface area contributed by atoms with Gasteiger partial charge in [-0.15, -0.1) is 0 Å². The van der Waals surface area contributed by atoms with Crippen LogP contribution >= 0.6 is 0 Å². The monoisotopic (exact) mass is 272 g/mol. The van der Waals surface area contributed by atoms with Gasteiger partial charge in [-0.3, -0.25) is 6.08 Å². The fraction of sp³-hybridized carbons (Fsp3) is 0.556. The Bertz CT molecular complexity index is 178. The van der Waals surface area contributed by atoms with Crippen molar-refractivity contribution in [1.82, 2.24) is 0 Å². The maximum atomic E-state index is 3.32. The average molecular weight is 273 g/mol. The van der Waals surface area contributed by atoms with Crippen LogP contribution in [0.1, 0.15) is 25.7 Å². The zero-order valence-electron chi connectivity index (χ0n) is 7.19. The van der Waals surface area contributed by atoms with Crippen molar-refractivity contribution in [3.63, 3.8) is 0 Å². The van der Waals surface area contributed by atoms with Crippen LogP contribution in [-0.4, -0.2) is 0 Å². The molecule has 0 nitrogen and oxygen atoms in total. The molecular formula is C9H11Cl3Ti. The number of hydrogen-bond donors (Lipinski definition) is 0. The van der Waals surface area contributed by atoms with Crippen molar-refractivity contribution >= 4 is 0 Å². The summed E-state index contributed by atoms with van der Waals surface area (Å²) in [4.78, 5) is 0. The minimum Gasteiger partial charge on any atom is -1.00 e. The Kier molecular flexibility index (Phi) is 14.5. The van der Waals surface area contributed by atoms with Gasteiger partial charge in [-0.2, -0.15) is 5.57 Å². The maximum absolute atomic E-state index is 3.32. The zero-order chi connectivity index (χ0) is 6.10. The van der Waals surface area contributed by atoms with Gasteiger partial charge in [0, 0.05) is 0 Å². The predicted molar refractivity (Wildman–Crippen MR) is 37.9 cm³/mol. The third kappa shape index (κ3) is 4.90. The van der Waals surface area contributed by atoms with Crippen molar-refractivity contribution in [2.45, 2.75) is 25.7 Å². The van der Waals surface area contributed by atoms with Crippen molar-refractivity contribution in [3.05, 3.63) is 23.8 Å². The topological polar surface area (TPSA) is 0 Å². The molecule has 0 heterocycles. The van der Waals surface area contributed by atoms with Gasteiger partial charge in [0.1, 0.15) is 0 Å². The van der Waals surface area contributed by atoms with E-state index in [9.17, 15) is 0 Å². The fourth-order valence-electron chi connectivity index (χ4n) is 1.77. The molecule has 0 bridgehead atoms. The number of fused-ring (bicyclic) bond motifs is 1. The molecule has 0 aliphatic heterocycles. The van der Waals surface area contributed by atoms with Crippen LogP contribution in [0, 0.1) is 12.0 Å². The molecule has 2 rings (SSSR count). The molecule has 1 saturated carbocycles. The van der Waals surface area contributed by atoms with Crippen molar-refractivity contribution < 1.29 is 58.9 Å². The Morgan fingerprint density at radius 2 is 1.92 bits per heavy atom. The third-order valence-corrected chi connectivity index (χ3v) is 2.30. The molecule has 0 aromatic rings. The Hall–Kier alpha value is 1.06. The van der Waals surface area contributed by atoms with Crippen LogP contribution in [0.2, 0.25) is 0 Å². The molecular weight excluding hydrogens is 262 g/mol. The van der Waals surface area contributed by atoms with E-state index in [4.69, 9.17) is 0 Å². The molecule has 0 aromatic heterocycles. The van der Waals surface area contributed by atoms with Crippen LogP contribution < -0.4 is 37.2 Å². The molecule has 0 spiro atoms. The van der Waals surface area contributed by atoms with Crippen molar-refractivity contribution in [2.24, 2.45) is 5.92 Å². The van der Waals surface area contributed by atoms with E-state index in [-0.39, 0.29) is 58.9 Å². The van der Waals surface area contributed by atoms with E-state index < -0.39 is 0 Å². The largest absolute Gasteiger partial charge is 4.00 e. The Morgan fingerprint density at radius 1 is 1.23 bits per heavy atom. The van der Waals surface area contributed by atoms with Gasteiger partial charge in [0.15, 0.2) is 0 Å². The number of allylic oxidation sites excluding steroid dienone is 4. The quantitative estimate of drug-likeness (QED) is 0.304. The van der Waals surface area contributed by atoms with Crippen LogP contribution in [0.25, 0.3) is 0 Å². The van der Waals surface area contributed by atoms with Gasteiger partial charge in [-0.25, -0.2) is 12.2 Å². The normalized spacial score (nSPS) is 22.2. The minimum atomic E-state index is 0. The predicted octanol–water partition coefficient (Wildman–Crippen LogP) is -6.51. The van der Waals surface area contributed by atoms with Crippen molar-refractivity contribution in [3.8, 4) is 0 Å². The number of rotatable bonds is 0. The van der Waals surface area contributed by atoms with Crippen molar-refractivity contribution in [2.75, 3.05) is 0 Å². The molecule has 0 saturated heterocycles. The second-order valence-corrected chi connectivity index (χ2v) is 2.90. The van der Waals surface area contributed by atoms with E-state index >= 15 is 0 Å². The second-order valence-electron chi connectivity index (χ2n) is 2.90. The van der Waals surface area contributed by atoms with E-state index in [0.29, 0.717) is 0 Å². The molecule has 1 unspecified atom stereocenters. The van der Waals surface area contributed by atoms with Crippen LogP contribution in [0.3, 0.4) is 0 Å². The van der Waals surface area contributed by atoms with Crippen LogP contribution in [0.4, 0.5) is 0 Å². The van der Waals surface area contributed by atoms with E-state index in [1.807, 2.05) is 0 Å². The average Bonchev–Trinajstić information content (AvgIpc) is 2.33. The first-order chi connectivity index (χ1) is 4.47. The summed E-state index contributed by atoms with van der Waals surface area (Å²) in [6.07, 6.45) is 13.0. The Balaban J connectivity index is -0.000000250.